The first kappa shape index (κ1) is 16.9. The number of amides is 2. The molecule has 0 unspecified atom stereocenters. The van der Waals surface area contributed by atoms with Crippen LogP contribution >= 0.6 is 27.5 Å². The van der Waals surface area contributed by atoms with Crippen molar-refractivity contribution in [3.05, 3.63) is 57.8 Å². The van der Waals surface area contributed by atoms with E-state index in [4.69, 9.17) is 11.6 Å². The van der Waals surface area contributed by atoms with Gasteiger partial charge < -0.3 is 10.2 Å². The number of benzene rings is 2. The van der Waals surface area contributed by atoms with Crippen molar-refractivity contribution >= 4 is 50.7 Å². The van der Waals surface area contributed by atoms with Crippen molar-refractivity contribution in [1.29, 1.82) is 0 Å². The van der Waals surface area contributed by atoms with Gasteiger partial charge in [-0.1, -0.05) is 23.7 Å². The molecule has 2 aromatic carbocycles. The van der Waals surface area contributed by atoms with E-state index in [9.17, 15) is 14.0 Å². The van der Waals surface area contributed by atoms with Crippen LogP contribution in [0.2, 0.25) is 5.02 Å². The molecule has 1 N–H and O–H groups in total. The van der Waals surface area contributed by atoms with Crippen LogP contribution in [-0.2, 0) is 9.59 Å². The molecule has 0 aliphatic carbocycles. The summed E-state index contributed by atoms with van der Waals surface area (Å²) in [6, 6.07) is 11.1. The fourth-order valence-electron chi connectivity index (χ4n) is 2.60. The van der Waals surface area contributed by atoms with Gasteiger partial charge in [-0.15, -0.1) is 0 Å². The molecule has 24 heavy (non-hydrogen) atoms. The Hall–Kier alpha value is -1.92. The van der Waals surface area contributed by atoms with Gasteiger partial charge in [0.05, 0.1) is 16.6 Å². The number of nitrogens with zero attached hydrogens (tertiary/aromatic N) is 1. The summed E-state index contributed by atoms with van der Waals surface area (Å²) in [7, 11) is 0. The fourth-order valence-corrected chi connectivity index (χ4v) is 3.03. The summed E-state index contributed by atoms with van der Waals surface area (Å²) in [5, 5.41) is 3.22. The quantitative estimate of drug-likeness (QED) is 0.821. The van der Waals surface area contributed by atoms with E-state index in [0.717, 1.165) is 4.47 Å². The van der Waals surface area contributed by atoms with Crippen LogP contribution in [0.3, 0.4) is 0 Å². The molecule has 0 radical (unpaired) electrons. The second-order valence-electron chi connectivity index (χ2n) is 5.47. The largest absolute Gasteiger partial charge is 0.326 e. The predicted molar refractivity (Wildman–Crippen MR) is 94.6 cm³/mol. The molecule has 7 heteroatoms. The van der Waals surface area contributed by atoms with Crippen LogP contribution in [0.25, 0.3) is 0 Å². The molecular formula is C17H13BrClFN2O2. The summed E-state index contributed by atoms with van der Waals surface area (Å²) in [5.74, 6) is -1.58. The van der Waals surface area contributed by atoms with Crippen molar-refractivity contribution in [1.82, 2.24) is 0 Å². The first-order valence-electron chi connectivity index (χ1n) is 7.26. The van der Waals surface area contributed by atoms with Crippen molar-refractivity contribution in [2.75, 3.05) is 16.8 Å². The molecule has 0 saturated carbocycles. The summed E-state index contributed by atoms with van der Waals surface area (Å²) in [6.45, 7) is 0.149. The zero-order chi connectivity index (χ0) is 17.3. The molecule has 1 heterocycles. The number of anilines is 2. The molecule has 124 valence electrons. The zero-order valence-electron chi connectivity index (χ0n) is 12.4. The van der Waals surface area contributed by atoms with E-state index < -0.39 is 11.7 Å². The second-order valence-corrected chi connectivity index (χ2v) is 6.74. The van der Waals surface area contributed by atoms with Crippen LogP contribution in [0.5, 0.6) is 0 Å². The SMILES string of the molecule is O=C(Nc1ccc(Br)c(Cl)c1)[C@@H]1CC(=O)N(c2ccccc2F)C1. The van der Waals surface area contributed by atoms with Gasteiger partial charge in [0, 0.05) is 23.1 Å². The Morgan fingerprint density at radius 2 is 2.04 bits per heavy atom. The van der Waals surface area contributed by atoms with Gasteiger partial charge >= 0.3 is 0 Å². The summed E-state index contributed by atoms with van der Waals surface area (Å²) in [6.07, 6.45) is 0.0461. The molecule has 1 saturated heterocycles. The number of carbonyl (C=O) groups excluding carboxylic acids is 2. The molecule has 1 aliphatic rings. The van der Waals surface area contributed by atoms with Crippen molar-refractivity contribution in [2.45, 2.75) is 6.42 Å². The lowest BCUT2D eigenvalue weighted by atomic mass is 10.1. The Labute approximate surface area is 151 Å². The third-order valence-electron chi connectivity index (χ3n) is 3.83. The van der Waals surface area contributed by atoms with Gasteiger partial charge in [0.1, 0.15) is 5.82 Å². The van der Waals surface area contributed by atoms with Gasteiger partial charge in [0.25, 0.3) is 0 Å². The van der Waals surface area contributed by atoms with E-state index in [-0.39, 0.29) is 30.5 Å². The topological polar surface area (TPSA) is 49.4 Å². The number of hydrogen-bond donors (Lipinski definition) is 1. The monoisotopic (exact) mass is 410 g/mol. The summed E-state index contributed by atoms with van der Waals surface area (Å²) >= 11 is 9.28. The average molecular weight is 412 g/mol. The lowest BCUT2D eigenvalue weighted by molar-refractivity contribution is -0.122. The van der Waals surface area contributed by atoms with E-state index in [1.54, 1.807) is 30.3 Å². The summed E-state index contributed by atoms with van der Waals surface area (Å²) in [5.41, 5.74) is 0.745. The normalized spacial score (nSPS) is 17.2. The first-order chi connectivity index (χ1) is 11.5. The van der Waals surface area contributed by atoms with Crippen LogP contribution in [-0.4, -0.2) is 18.4 Å². The average Bonchev–Trinajstić information content (AvgIpc) is 2.93. The summed E-state index contributed by atoms with van der Waals surface area (Å²) in [4.78, 5) is 25.8. The number of carbonyl (C=O) groups is 2. The van der Waals surface area contributed by atoms with Gasteiger partial charge in [0.15, 0.2) is 0 Å². The van der Waals surface area contributed by atoms with Crippen molar-refractivity contribution in [2.24, 2.45) is 5.92 Å². The first-order valence-corrected chi connectivity index (χ1v) is 8.43. The van der Waals surface area contributed by atoms with Gasteiger partial charge in [-0.25, -0.2) is 4.39 Å². The van der Waals surface area contributed by atoms with Gasteiger partial charge in [-0.2, -0.15) is 0 Å². The van der Waals surface area contributed by atoms with Crippen molar-refractivity contribution < 1.29 is 14.0 Å². The van der Waals surface area contributed by atoms with Crippen molar-refractivity contribution in [3.8, 4) is 0 Å². The minimum absolute atomic E-state index is 0.0461. The maximum atomic E-state index is 13.9. The molecule has 4 nitrogen and oxygen atoms in total. The van der Waals surface area contributed by atoms with Gasteiger partial charge in [0.2, 0.25) is 11.8 Å². The maximum Gasteiger partial charge on any atom is 0.229 e. The van der Waals surface area contributed by atoms with Crippen LogP contribution in [0.4, 0.5) is 15.8 Å². The van der Waals surface area contributed by atoms with Crippen LogP contribution < -0.4 is 10.2 Å². The van der Waals surface area contributed by atoms with Crippen LogP contribution in [0, 0.1) is 11.7 Å². The molecule has 2 aromatic rings. The Kier molecular flexibility index (Phi) is 4.87. The fraction of sp³-hybridized carbons (Fsp3) is 0.176. The van der Waals surface area contributed by atoms with E-state index in [0.29, 0.717) is 10.7 Å². The Balaban J connectivity index is 1.72. The van der Waals surface area contributed by atoms with Crippen LogP contribution in [0.1, 0.15) is 6.42 Å². The lowest BCUT2D eigenvalue weighted by Crippen LogP contribution is -2.28. The minimum atomic E-state index is -0.542. The third-order valence-corrected chi connectivity index (χ3v) is 5.06. The Bertz CT molecular complexity index is 815. The smallest absolute Gasteiger partial charge is 0.229 e. The minimum Gasteiger partial charge on any atom is -0.326 e. The lowest BCUT2D eigenvalue weighted by Gasteiger charge is -2.17. The van der Waals surface area contributed by atoms with Crippen LogP contribution in [0.15, 0.2) is 46.9 Å². The highest BCUT2D eigenvalue weighted by molar-refractivity contribution is 9.10. The highest BCUT2D eigenvalue weighted by Gasteiger charge is 2.36. The number of rotatable bonds is 3. The number of nitrogens with one attached hydrogen (secondary N) is 1. The number of halogens is 3. The maximum absolute atomic E-state index is 13.9. The Morgan fingerprint density at radius 3 is 2.75 bits per heavy atom. The molecule has 1 aliphatic heterocycles. The molecule has 0 aromatic heterocycles. The van der Waals surface area contributed by atoms with Gasteiger partial charge in [-0.3, -0.25) is 9.59 Å². The Morgan fingerprint density at radius 1 is 1.29 bits per heavy atom. The van der Waals surface area contributed by atoms with E-state index >= 15 is 0 Å². The molecule has 0 spiro atoms. The third kappa shape index (κ3) is 3.44. The van der Waals surface area contributed by atoms with Crippen molar-refractivity contribution in [3.63, 3.8) is 0 Å². The zero-order valence-corrected chi connectivity index (χ0v) is 14.8. The number of hydrogen-bond acceptors (Lipinski definition) is 2. The molecule has 2 amide bonds. The molecule has 3 rings (SSSR count). The van der Waals surface area contributed by atoms with E-state index in [1.165, 1.54) is 17.0 Å². The van der Waals surface area contributed by atoms with E-state index in [2.05, 4.69) is 21.2 Å². The predicted octanol–water partition coefficient (Wildman–Crippen LogP) is 4.23. The molecule has 0 bridgehead atoms. The highest BCUT2D eigenvalue weighted by atomic mass is 79.9. The van der Waals surface area contributed by atoms with E-state index in [1.807, 2.05) is 0 Å². The molecular weight excluding hydrogens is 399 g/mol. The highest BCUT2D eigenvalue weighted by Crippen LogP contribution is 2.29. The molecule has 1 fully saturated rings. The standard InChI is InChI=1S/C17H13BrClFN2O2/c18-12-6-5-11(8-13(12)19)21-17(24)10-7-16(23)22(9-10)15-4-2-1-3-14(15)20/h1-6,8,10H,7,9H2,(H,21,24)/t10-/m1/s1. The summed E-state index contributed by atoms with van der Waals surface area (Å²) < 4.78 is 14.6. The molecule has 1 atom stereocenters. The second kappa shape index (κ2) is 6.91. The van der Waals surface area contributed by atoms with Gasteiger partial charge in [-0.05, 0) is 46.3 Å². The number of para-hydroxylation sites is 1.